The molecule has 0 atom stereocenters. The van der Waals surface area contributed by atoms with Crippen LogP contribution in [-0.4, -0.2) is 0 Å². The average molecular weight is 288 g/mol. The van der Waals surface area contributed by atoms with E-state index in [-0.39, 0.29) is 5.41 Å². The van der Waals surface area contributed by atoms with Crippen LogP contribution < -0.4 is 5.73 Å². The molecule has 0 bridgehead atoms. The van der Waals surface area contributed by atoms with Crippen molar-refractivity contribution in [2.75, 3.05) is 5.73 Å². The molecule has 2 N–H and O–H groups in total. The van der Waals surface area contributed by atoms with E-state index in [2.05, 4.69) is 66.2 Å². The minimum atomic E-state index is 0.0424. The zero-order valence-electron chi connectivity index (χ0n) is 9.92. The molecule has 1 aliphatic rings. The van der Waals surface area contributed by atoms with Gasteiger partial charge in [0, 0.05) is 15.6 Å². The largest absolute Gasteiger partial charge is 0.398 e. The first kappa shape index (κ1) is 10.8. The Balaban J connectivity index is 2.40. The first-order valence-electron chi connectivity index (χ1n) is 5.71. The maximum atomic E-state index is 6.00. The van der Waals surface area contributed by atoms with Crippen LogP contribution in [0.15, 0.2) is 40.9 Å². The van der Waals surface area contributed by atoms with E-state index >= 15 is 0 Å². The van der Waals surface area contributed by atoms with Gasteiger partial charge in [-0.1, -0.05) is 38.1 Å². The fourth-order valence-corrected chi connectivity index (χ4v) is 3.08. The first-order chi connectivity index (χ1) is 8.01. The van der Waals surface area contributed by atoms with Gasteiger partial charge in [0.1, 0.15) is 0 Å². The van der Waals surface area contributed by atoms with Crippen molar-refractivity contribution < 1.29 is 0 Å². The number of hydrogen-bond donors (Lipinski definition) is 1. The number of benzene rings is 2. The van der Waals surface area contributed by atoms with Crippen LogP contribution in [0, 0.1) is 0 Å². The lowest BCUT2D eigenvalue weighted by molar-refractivity contribution is 0.660. The molecular weight excluding hydrogens is 274 g/mol. The zero-order chi connectivity index (χ0) is 12.2. The topological polar surface area (TPSA) is 26.0 Å². The number of nitrogen functional groups attached to an aromatic ring is 1. The van der Waals surface area contributed by atoms with Crippen LogP contribution in [0.2, 0.25) is 0 Å². The highest BCUT2D eigenvalue weighted by Gasteiger charge is 2.35. The SMILES string of the molecule is CC1(C)c2ccccc2-c2cc(Br)c(N)cc21. The van der Waals surface area contributed by atoms with Crippen molar-refractivity contribution in [3.05, 3.63) is 52.0 Å². The van der Waals surface area contributed by atoms with Crippen LogP contribution in [0.1, 0.15) is 25.0 Å². The number of fused-ring (bicyclic) bond motifs is 3. The summed E-state index contributed by atoms with van der Waals surface area (Å²) >= 11 is 3.51. The van der Waals surface area contributed by atoms with E-state index in [4.69, 9.17) is 5.73 Å². The summed E-state index contributed by atoms with van der Waals surface area (Å²) in [5.41, 5.74) is 12.2. The van der Waals surface area contributed by atoms with Crippen molar-refractivity contribution in [2.24, 2.45) is 0 Å². The van der Waals surface area contributed by atoms with Gasteiger partial charge < -0.3 is 5.73 Å². The number of rotatable bonds is 0. The Morgan fingerprint density at radius 1 is 1.00 bits per heavy atom. The third kappa shape index (κ3) is 1.37. The highest BCUT2D eigenvalue weighted by atomic mass is 79.9. The average Bonchev–Trinajstić information content (AvgIpc) is 2.51. The molecule has 86 valence electrons. The van der Waals surface area contributed by atoms with Crippen molar-refractivity contribution in [3.63, 3.8) is 0 Å². The Morgan fingerprint density at radius 2 is 1.71 bits per heavy atom. The van der Waals surface area contributed by atoms with Gasteiger partial charge in [-0.25, -0.2) is 0 Å². The zero-order valence-corrected chi connectivity index (χ0v) is 11.5. The van der Waals surface area contributed by atoms with Crippen LogP contribution in [0.4, 0.5) is 5.69 Å². The molecular formula is C15H14BrN. The Labute approximate surface area is 110 Å². The molecule has 0 fully saturated rings. The summed E-state index contributed by atoms with van der Waals surface area (Å²) in [6.07, 6.45) is 0. The normalized spacial score (nSPS) is 15.5. The maximum absolute atomic E-state index is 6.00. The van der Waals surface area contributed by atoms with Crippen LogP contribution in [-0.2, 0) is 5.41 Å². The van der Waals surface area contributed by atoms with E-state index in [0.717, 1.165) is 10.2 Å². The third-order valence-electron chi connectivity index (χ3n) is 3.70. The number of halogens is 1. The van der Waals surface area contributed by atoms with Gasteiger partial charge in [0.15, 0.2) is 0 Å². The minimum Gasteiger partial charge on any atom is -0.398 e. The summed E-state index contributed by atoms with van der Waals surface area (Å²) in [5.74, 6) is 0. The molecule has 0 saturated heterocycles. The third-order valence-corrected chi connectivity index (χ3v) is 4.39. The molecule has 0 heterocycles. The lowest BCUT2D eigenvalue weighted by atomic mass is 9.82. The van der Waals surface area contributed by atoms with E-state index in [1.807, 2.05) is 0 Å². The van der Waals surface area contributed by atoms with Gasteiger partial charge in [0.2, 0.25) is 0 Å². The second-order valence-electron chi connectivity index (χ2n) is 5.09. The van der Waals surface area contributed by atoms with Crippen molar-refractivity contribution in [1.82, 2.24) is 0 Å². The van der Waals surface area contributed by atoms with E-state index in [9.17, 15) is 0 Å². The monoisotopic (exact) mass is 287 g/mol. The quantitative estimate of drug-likeness (QED) is 0.717. The van der Waals surface area contributed by atoms with Gasteiger partial charge in [-0.2, -0.15) is 0 Å². The lowest BCUT2D eigenvalue weighted by Gasteiger charge is -2.21. The molecule has 0 amide bonds. The highest BCUT2D eigenvalue weighted by molar-refractivity contribution is 9.10. The molecule has 2 aromatic carbocycles. The van der Waals surface area contributed by atoms with E-state index in [0.29, 0.717) is 0 Å². The van der Waals surface area contributed by atoms with Crippen LogP contribution in [0.5, 0.6) is 0 Å². The van der Waals surface area contributed by atoms with Gasteiger partial charge in [-0.15, -0.1) is 0 Å². The standard InChI is InChI=1S/C15H14BrN/c1-15(2)11-6-4-3-5-9(11)10-7-13(16)14(17)8-12(10)15/h3-8H,17H2,1-2H3. The van der Waals surface area contributed by atoms with Crippen LogP contribution >= 0.6 is 15.9 Å². The van der Waals surface area contributed by atoms with Gasteiger partial charge in [-0.05, 0) is 50.3 Å². The molecule has 0 unspecified atom stereocenters. The molecule has 2 heteroatoms. The fourth-order valence-electron chi connectivity index (χ4n) is 2.74. The molecule has 0 radical (unpaired) electrons. The highest BCUT2D eigenvalue weighted by Crippen LogP contribution is 2.50. The summed E-state index contributed by atoms with van der Waals surface area (Å²) in [6, 6.07) is 12.8. The second-order valence-corrected chi connectivity index (χ2v) is 5.94. The van der Waals surface area contributed by atoms with Gasteiger partial charge in [0.05, 0.1) is 0 Å². The Bertz CT molecular complexity index is 614. The number of nitrogens with two attached hydrogens (primary N) is 1. The molecule has 0 aromatic heterocycles. The molecule has 0 spiro atoms. The number of anilines is 1. The second kappa shape index (κ2) is 3.36. The Morgan fingerprint density at radius 3 is 2.47 bits per heavy atom. The maximum Gasteiger partial charge on any atom is 0.0462 e. The van der Waals surface area contributed by atoms with Crippen molar-refractivity contribution in [1.29, 1.82) is 0 Å². The predicted molar refractivity (Wildman–Crippen MR) is 76.1 cm³/mol. The van der Waals surface area contributed by atoms with Gasteiger partial charge in [0.25, 0.3) is 0 Å². The molecule has 17 heavy (non-hydrogen) atoms. The van der Waals surface area contributed by atoms with Gasteiger partial charge >= 0.3 is 0 Å². The van der Waals surface area contributed by atoms with E-state index < -0.39 is 0 Å². The molecule has 1 nitrogen and oxygen atoms in total. The Kier molecular flexibility index (Phi) is 2.14. The van der Waals surface area contributed by atoms with E-state index in [1.54, 1.807) is 0 Å². The molecule has 0 saturated carbocycles. The van der Waals surface area contributed by atoms with Crippen LogP contribution in [0.3, 0.4) is 0 Å². The molecule has 1 aliphatic carbocycles. The molecule has 2 aromatic rings. The minimum absolute atomic E-state index is 0.0424. The Hall–Kier alpha value is -1.28. The van der Waals surface area contributed by atoms with Crippen LogP contribution in [0.25, 0.3) is 11.1 Å². The van der Waals surface area contributed by atoms with Crippen molar-refractivity contribution in [2.45, 2.75) is 19.3 Å². The predicted octanol–water partition coefficient (Wildman–Crippen LogP) is 4.34. The lowest BCUT2D eigenvalue weighted by Crippen LogP contribution is -2.15. The summed E-state index contributed by atoms with van der Waals surface area (Å²) in [7, 11) is 0. The first-order valence-corrected chi connectivity index (χ1v) is 6.50. The van der Waals surface area contributed by atoms with E-state index in [1.165, 1.54) is 22.3 Å². The van der Waals surface area contributed by atoms with Gasteiger partial charge in [-0.3, -0.25) is 0 Å². The summed E-state index contributed by atoms with van der Waals surface area (Å²) < 4.78 is 0.976. The van der Waals surface area contributed by atoms with Crippen molar-refractivity contribution >= 4 is 21.6 Å². The molecule has 3 rings (SSSR count). The smallest absolute Gasteiger partial charge is 0.0462 e. The summed E-state index contributed by atoms with van der Waals surface area (Å²) in [5, 5.41) is 0. The fraction of sp³-hybridized carbons (Fsp3) is 0.200. The van der Waals surface area contributed by atoms with Crippen molar-refractivity contribution in [3.8, 4) is 11.1 Å². The summed E-state index contributed by atoms with van der Waals surface area (Å²) in [6.45, 7) is 4.51. The molecule has 0 aliphatic heterocycles. The number of hydrogen-bond acceptors (Lipinski definition) is 1. The summed E-state index contributed by atoms with van der Waals surface area (Å²) in [4.78, 5) is 0.